The third kappa shape index (κ3) is 4.26. The lowest BCUT2D eigenvalue weighted by molar-refractivity contribution is 0.117. The van der Waals surface area contributed by atoms with Gasteiger partial charge in [-0.25, -0.2) is 4.68 Å². The number of rotatable bonds is 6. The third-order valence-corrected chi connectivity index (χ3v) is 6.54. The van der Waals surface area contributed by atoms with Gasteiger partial charge in [0.2, 0.25) is 0 Å². The minimum absolute atomic E-state index is 0.121. The molecule has 5 rings (SSSR count). The topological polar surface area (TPSA) is 88.9 Å². The SMILES string of the molecule is COc1ccc2[nH]c(=O)c([C@H](c3nnnn3Cc3ccccc3)N3CCCC[C@H]3C)cc2c1. The lowest BCUT2D eigenvalue weighted by Gasteiger charge is -2.38. The number of methoxy groups -OCH3 is 1. The van der Waals surface area contributed by atoms with E-state index in [4.69, 9.17) is 4.74 Å². The van der Waals surface area contributed by atoms with Gasteiger partial charge in [0, 0.05) is 22.5 Å². The Morgan fingerprint density at radius 1 is 1.15 bits per heavy atom. The van der Waals surface area contributed by atoms with Crippen LogP contribution in [0.5, 0.6) is 5.75 Å². The highest BCUT2D eigenvalue weighted by atomic mass is 16.5. The van der Waals surface area contributed by atoms with Crippen LogP contribution >= 0.6 is 0 Å². The van der Waals surface area contributed by atoms with Crippen LogP contribution in [0.4, 0.5) is 0 Å². The van der Waals surface area contributed by atoms with Crippen molar-refractivity contribution in [1.82, 2.24) is 30.1 Å². The van der Waals surface area contributed by atoms with Crippen LogP contribution < -0.4 is 10.3 Å². The Bertz CT molecular complexity index is 1300. The molecule has 2 aromatic heterocycles. The Labute approximate surface area is 192 Å². The van der Waals surface area contributed by atoms with Crippen molar-refractivity contribution in [2.24, 2.45) is 0 Å². The fourth-order valence-corrected chi connectivity index (χ4v) is 4.78. The second-order valence-corrected chi connectivity index (χ2v) is 8.67. The number of hydrogen-bond acceptors (Lipinski definition) is 6. The van der Waals surface area contributed by atoms with E-state index in [1.165, 1.54) is 6.42 Å². The summed E-state index contributed by atoms with van der Waals surface area (Å²) in [5.74, 6) is 1.43. The van der Waals surface area contributed by atoms with E-state index in [1.807, 2.05) is 47.1 Å². The predicted molar refractivity (Wildman–Crippen MR) is 126 cm³/mol. The number of fused-ring (bicyclic) bond motifs is 1. The Hall–Kier alpha value is -3.52. The number of piperidine rings is 1. The molecule has 170 valence electrons. The largest absolute Gasteiger partial charge is 0.497 e. The van der Waals surface area contributed by atoms with Gasteiger partial charge in [-0.2, -0.15) is 0 Å². The van der Waals surface area contributed by atoms with E-state index in [2.05, 4.69) is 44.5 Å². The minimum Gasteiger partial charge on any atom is -0.497 e. The number of aromatic amines is 1. The van der Waals surface area contributed by atoms with Crippen molar-refractivity contribution < 1.29 is 4.74 Å². The second-order valence-electron chi connectivity index (χ2n) is 8.67. The lowest BCUT2D eigenvalue weighted by Crippen LogP contribution is -2.43. The molecular weight excluding hydrogens is 416 g/mol. The summed E-state index contributed by atoms with van der Waals surface area (Å²) in [6, 6.07) is 17.7. The molecule has 0 spiro atoms. The van der Waals surface area contributed by atoms with Crippen molar-refractivity contribution in [3.63, 3.8) is 0 Å². The number of H-pyrrole nitrogens is 1. The van der Waals surface area contributed by atoms with E-state index >= 15 is 0 Å². The van der Waals surface area contributed by atoms with Crippen LogP contribution in [0, 0.1) is 0 Å². The first-order valence-electron chi connectivity index (χ1n) is 11.4. The summed E-state index contributed by atoms with van der Waals surface area (Å²) in [5, 5.41) is 13.7. The van der Waals surface area contributed by atoms with Gasteiger partial charge in [0.15, 0.2) is 5.82 Å². The summed E-state index contributed by atoms with van der Waals surface area (Å²) in [6.45, 7) is 3.65. The Morgan fingerprint density at radius 2 is 2.00 bits per heavy atom. The van der Waals surface area contributed by atoms with Crippen molar-refractivity contribution in [3.8, 4) is 5.75 Å². The number of hydrogen-bond donors (Lipinski definition) is 1. The standard InChI is InChI=1S/C25H28N6O2/c1-17-8-6-7-13-30(17)23(24-27-28-29-31(24)16-18-9-4-3-5-10-18)21-15-19-14-20(33-2)11-12-22(19)26-25(21)32/h3-5,9-12,14-15,17,23H,6-8,13,16H2,1-2H3,(H,26,32)/t17-,23-/m1/s1. The molecule has 4 aromatic rings. The zero-order valence-electron chi connectivity index (χ0n) is 18.9. The van der Waals surface area contributed by atoms with Crippen LogP contribution in [-0.4, -0.2) is 49.8 Å². The molecule has 8 nitrogen and oxygen atoms in total. The van der Waals surface area contributed by atoms with Crippen molar-refractivity contribution in [1.29, 1.82) is 0 Å². The van der Waals surface area contributed by atoms with E-state index in [0.717, 1.165) is 41.6 Å². The smallest absolute Gasteiger partial charge is 0.253 e. The molecular formula is C25H28N6O2. The molecule has 0 saturated carbocycles. The molecule has 0 unspecified atom stereocenters. The monoisotopic (exact) mass is 444 g/mol. The molecule has 8 heteroatoms. The van der Waals surface area contributed by atoms with Gasteiger partial charge in [0.25, 0.3) is 5.56 Å². The maximum atomic E-state index is 13.4. The summed E-state index contributed by atoms with van der Waals surface area (Å²) in [6.07, 6.45) is 3.35. The number of nitrogens with zero attached hydrogens (tertiary/aromatic N) is 5. The van der Waals surface area contributed by atoms with Gasteiger partial charge >= 0.3 is 0 Å². The van der Waals surface area contributed by atoms with Crippen molar-refractivity contribution in [2.45, 2.75) is 44.8 Å². The van der Waals surface area contributed by atoms with Crippen LogP contribution in [0.1, 0.15) is 49.2 Å². The normalized spacial score (nSPS) is 17.8. The maximum absolute atomic E-state index is 13.4. The molecule has 1 fully saturated rings. The summed E-state index contributed by atoms with van der Waals surface area (Å²) in [4.78, 5) is 18.8. The molecule has 2 atom stereocenters. The average molecular weight is 445 g/mol. The molecule has 3 heterocycles. The first-order valence-corrected chi connectivity index (χ1v) is 11.4. The number of pyridine rings is 1. The van der Waals surface area contributed by atoms with Crippen LogP contribution in [-0.2, 0) is 6.54 Å². The molecule has 1 N–H and O–H groups in total. The number of tetrazole rings is 1. The van der Waals surface area contributed by atoms with Crippen molar-refractivity contribution >= 4 is 10.9 Å². The summed E-state index contributed by atoms with van der Waals surface area (Å²) < 4.78 is 7.22. The number of benzene rings is 2. The molecule has 0 bridgehead atoms. The van der Waals surface area contributed by atoms with E-state index in [-0.39, 0.29) is 11.6 Å². The average Bonchev–Trinajstić information content (AvgIpc) is 3.28. The summed E-state index contributed by atoms with van der Waals surface area (Å²) in [7, 11) is 1.64. The van der Waals surface area contributed by atoms with Gasteiger partial charge in [0.1, 0.15) is 11.8 Å². The van der Waals surface area contributed by atoms with Gasteiger partial charge < -0.3 is 9.72 Å². The van der Waals surface area contributed by atoms with E-state index in [0.29, 0.717) is 24.0 Å². The lowest BCUT2D eigenvalue weighted by atomic mass is 9.96. The van der Waals surface area contributed by atoms with Gasteiger partial charge in [-0.3, -0.25) is 9.69 Å². The Kier molecular flexibility index (Phi) is 5.92. The summed E-state index contributed by atoms with van der Waals surface area (Å²) >= 11 is 0. The molecule has 0 amide bonds. The Morgan fingerprint density at radius 3 is 2.79 bits per heavy atom. The zero-order chi connectivity index (χ0) is 22.8. The highest BCUT2D eigenvalue weighted by molar-refractivity contribution is 5.80. The fraction of sp³-hybridized carbons (Fsp3) is 0.360. The molecule has 1 saturated heterocycles. The van der Waals surface area contributed by atoms with Crippen LogP contribution in [0.3, 0.4) is 0 Å². The quantitative estimate of drug-likeness (QED) is 0.489. The predicted octanol–water partition coefficient (Wildman–Crippen LogP) is 3.54. The number of ether oxygens (including phenoxy) is 1. The first-order chi connectivity index (χ1) is 16.1. The Balaban J connectivity index is 1.65. The summed E-state index contributed by atoms with van der Waals surface area (Å²) in [5.41, 5.74) is 2.41. The van der Waals surface area contributed by atoms with E-state index in [1.54, 1.807) is 7.11 Å². The molecule has 33 heavy (non-hydrogen) atoms. The molecule has 2 aromatic carbocycles. The van der Waals surface area contributed by atoms with Crippen LogP contribution in [0.25, 0.3) is 10.9 Å². The number of likely N-dealkylation sites (tertiary alicyclic amines) is 1. The van der Waals surface area contributed by atoms with Gasteiger partial charge in [-0.15, -0.1) is 5.10 Å². The van der Waals surface area contributed by atoms with Crippen LogP contribution in [0.15, 0.2) is 59.4 Å². The van der Waals surface area contributed by atoms with Crippen molar-refractivity contribution in [2.75, 3.05) is 13.7 Å². The van der Waals surface area contributed by atoms with Crippen LogP contribution in [0.2, 0.25) is 0 Å². The second kappa shape index (κ2) is 9.15. The van der Waals surface area contributed by atoms with E-state index < -0.39 is 0 Å². The molecule has 1 aliphatic rings. The molecule has 0 radical (unpaired) electrons. The van der Waals surface area contributed by atoms with E-state index in [9.17, 15) is 4.79 Å². The van der Waals surface area contributed by atoms with Gasteiger partial charge in [-0.1, -0.05) is 36.8 Å². The molecule has 1 aliphatic heterocycles. The minimum atomic E-state index is -0.349. The number of aromatic nitrogens is 5. The number of nitrogens with one attached hydrogen (secondary N) is 1. The highest BCUT2D eigenvalue weighted by Crippen LogP contribution is 2.33. The molecule has 0 aliphatic carbocycles. The van der Waals surface area contributed by atoms with Gasteiger partial charge in [-0.05, 0) is 66.6 Å². The first kappa shape index (κ1) is 21.3. The zero-order valence-corrected chi connectivity index (χ0v) is 18.9. The van der Waals surface area contributed by atoms with Gasteiger partial charge in [0.05, 0.1) is 13.7 Å². The fourth-order valence-electron chi connectivity index (χ4n) is 4.78. The third-order valence-electron chi connectivity index (χ3n) is 6.54. The maximum Gasteiger partial charge on any atom is 0.253 e. The van der Waals surface area contributed by atoms with Crippen molar-refractivity contribution in [3.05, 3.63) is 81.9 Å². The highest BCUT2D eigenvalue weighted by Gasteiger charge is 2.34.